The van der Waals surface area contributed by atoms with Gasteiger partial charge in [0.1, 0.15) is 5.75 Å². The van der Waals surface area contributed by atoms with Crippen LogP contribution in [0.15, 0.2) is 53.4 Å². The second-order valence-electron chi connectivity index (χ2n) is 6.22. The number of hydrogen-bond donors (Lipinski definition) is 0. The second-order valence-corrected chi connectivity index (χ2v) is 8.07. The predicted octanol–water partition coefficient (Wildman–Crippen LogP) is 5.02. The zero-order valence-electron chi connectivity index (χ0n) is 14.4. The van der Waals surface area contributed by atoms with Crippen LogP contribution in [0.25, 0.3) is 0 Å². The fraction of sp³-hybridized carbons (Fsp3) is 0.350. The fourth-order valence-electron chi connectivity index (χ4n) is 2.79. The summed E-state index contributed by atoms with van der Waals surface area (Å²) in [6, 6.07) is 15.9. The molecule has 0 aliphatic heterocycles. The van der Waals surface area contributed by atoms with E-state index in [-0.39, 0.29) is 11.2 Å². The van der Waals surface area contributed by atoms with Gasteiger partial charge in [-0.05, 0) is 50.1 Å². The average Bonchev–Trinajstić information content (AvgIpc) is 3.46. The molecule has 0 aromatic heterocycles. The molecule has 1 atom stereocenters. The van der Waals surface area contributed by atoms with E-state index in [2.05, 4.69) is 0 Å². The Morgan fingerprint density at radius 2 is 1.92 bits per heavy atom. The molecule has 3 rings (SSSR count). The molecule has 0 heterocycles. The third-order valence-electron chi connectivity index (χ3n) is 4.28. The van der Waals surface area contributed by atoms with Gasteiger partial charge in [-0.1, -0.05) is 29.8 Å². The van der Waals surface area contributed by atoms with Crippen LogP contribution >= 0.6 is 23.4 Å². The van der Waals surface area contributed by atoms with Crippen molar-refractivity contribution in [2.24, 2.45) is 0 Å². The maximum Gasteiger partial charge on any atom is 0.236 e. The molecule has 1 fully saturated rings. The van der Waals surface area contributed by atoms with E-state index in [1.54, 1.807) is 18.9 Å². The lowest BCUT2D eigenvalue weighted by Crippen LogP contribution is -2.37. The summed E-state index contributed by atoms with van der Waals surface area (Å²) in [4.78, 5) is 16.1. The van der Waals surface area contributed by atoms with E-state index in [9.17, 15) is 4.79 Å². The molecule has 0 saturated heterocycles. The van der Waals surface area contributed by atoms with Gasteiger partial charge >= 0.3 is 0 Å². The Kier molecular flexibility index (Phi) is 5.92. The number of carbonyl (C=O) groups excluding carboxylic acids is 1. The summed E-state index contributed by atoms with van der Waals surface area (Å²) >= 11 is 7.51. The lowest BCUT2D eigenvalue weighted by Gasteiger charge is -2.26. The molecule has 1 unspecified atom stereocenters. The minimum Gasteiger partial charge on any atom is -0.496 e. The van der Waals surface area contributed by atoms with Gasteiger partial charge in [-0.3, -0.25) is 4.79 Å². The quantitative estimate of drug-likeness (QED) is 0.636. The lowest BCUT2D eigenvalue weighted by atomic mass is 10.1. The standard InChI is InChI=1S/C20H22ClNO2S/c1-14(25-18-11-7-16(21)8-12-18)20(23)22(17-9-10-17)13-15-5-3-4-6-19(15)24-2/h3-8,11-12,14,17H,9-10,13H2,1-2H3. The summed E-state index contributed by atoms with van der Waals surface area (Å²) in [7, 11) is 1.67. The van der Waals surface area contributed by atoms with E-state index >= 15 is 0 Å². The van der Waals surface area contributed by atoms with Crippen LogP contribution in [0.4, 0.5) is 0 Å². The zero-order valence-corrected chi connectivity index (χ0v) is 16.0. The molecular formula is C20H22ClNO2S. The molecule has 1 aliphatic rings. The topological polar surface area (TPSA) is 29.5 Å². The molecule has 1 saturated carbocycles. The van der Waals surface area contributed by atoms with Gasteiger partial charge in [-0.2, -0.15) is 0 Å². The number of hydrogen-bond acceptors (Lipinski definition) is 3. The van der Waals surface area contributed by atoms with E-state index in [1.807, 2.05) is 60.4 Å². The van der Waals surface area contributed by atoms with Crippen molar-refractivity contribution in [2.45, 2.75) is 42.5 Å². The molecule has 1 aliphatic carbocycles. The number of carbonyl (C=O) groups is 1. The normalized spacial score (nSPS) is 14.8. The minimum absolute atomic E-state index is 0.142. The first-order valence-corrected chi connectivity index (χ1v) is 9.69. The number of amides is 1. The number of para-hydroxylation sites is 1. The van der Waals surface area contributed by atoms with Crippen molar-refractivity contribution >= 4 is 29.3 Å². The lowest BCUT2D eigenvalue weighted by molar-refractivity contribution is -0.131. The number of nitrogens with zero attached hydrogens (tertiary/aromatic N) is 1. The molecule has 5 heteroatoms. The van der Waals surface area contributed by atoms with Crippen molar-refractivity contribution in [3.05, 3.63) is 59.1 Å². The summed E-state index contributed by atoms with van der Waals surface area (Å²) in [6.07, 6.45) is 2.17. The van der Waals surface area contributed by atoms with Gasteiger partial charge in [0.05, 0.1) is 12.4 Å². The van der Waals surface area contributed by atoms with E-state index in [1.165, 1.54) is 0 Å². The Morgan fingerprint density at radius 3 is 2.56 bits per heavy atom. The molecule has 132 valence electrons. The van der Waals surface area contributed by atoms with Gasteiger partial charge in [0, 0.05) is 28.1 Å². The van der Waals surface area contributed by atoms with Crippen LogP contribution in [0, 0.1) is 0 Å². The number of halogens is 1. The highest BCUT2D eigenvalue weighted by Crippen LogP contribution is 2.33. The first-order chi connectivity index (χ1) is 12.1. The average molecular weight is 376 g/mol. The van der Waals surface area contributed by atoms with E-state index in [0.29, 0.717) is 17.6 Å². The van der Waals surface area contributed by atoms with Gasteiger partial charge in [0.15, 0.2) is 0 Å². The van der Waals surface area contributed by atoms with E-state index < -0.39 is 0 Å². The number of ether oxygens (including phenoxy) is 1. The van der Waals surface area contributed by atoms with Gasteiger partial charge in [-0.25, -0.2) is 0 Å². The number of methoxy groups -OCH3 is 1. The number of rotatable bonds is 7. The molecule has 0 spiro atoms. The maximum absolute atomic E-state index is 13.0. The van der Waals surface area contributed by atoms with Crippen molar-refractivity contribution in [1.82, 2.24) is 4.90 Å². The number of benzene rings is 2. The first kappa shape index (κ1) is 18.2. The van der Waals surface area contributed by atoms with Gasteiger partial charge < -0.3 is 9.64 Å². The molecule has 2 aromatic rings. The monoisotopic (exact) mass is 375 g/mol. The van der Waals surface area contributed by atoms with Crippen LogP contribution in [0.3, 0.4) is 0 Å². The van der Waals surface area contributed by atoms with Gasteiger partial charge in [0.25, 0.3) is 0 Å². The Bertz CT molecular complexity index is 731. The van der Waals surface area contributed by atoms with Crippen molar-refractivity contribution in [2.75, 3.05) is 7.11 Å². The largest absolute Gasteiger partial charge is 0.496 e. The molecule has 2 aromatic carbocycles. The van der Waals surface area contributed by atoms with Crippen molar-refractivity contribution in [1.29, 1.82) is 0 Å². The van der Waals surface area contributed by atoms with Crippen LogP contribution in [0.2, 0.25) is 5.02 Å². The highest BCUT2D eigenvalue weighted by Gasteiger charge is 2.35. The Labute approximate surface area is 158 Å². The van der Waals surface area contributed by atoms with Crippen LogP contribution in [-0.4, -0.2) is 29.2 Å². The van der Waals surface area contributed by atoms with E-state index in [0.717, 1.165) is 29.1 Å². The summed E-state index contributed by atoms with van der Waals surface area (Å²) in [5.41, 5.74) is 1.05. The minimum atomic E-state index is -0.142. The van der Waals surface area contributed by atoms with Crippen LogP contribution in [0.1, 0.15) is 25.3 Å². The highest BCUT2D eigenvalue weighted by atomic mass is 35.5. The molecule has 25 heavy (non-hydrogen) atoms. The first-order valence-electron chi connectivity index (χ1n) is 8.43. The SMILES string of the molecule is COc1ccccc1CN(C(=O)C(C)Sc1ccc(Cl)cc1)C1CC1. The maximum atomic E-state index is 13.0. The summed E-state index contributed by atoms with van der Waals surface area (Å²) in [5.74, 6) is 1.01. The smallest absolute Gasteiger partial charge is 0.236 e. The molecule has 0 bridgehead atoms. The summed E-state index contributed by atoms with van der Waals surface area (Å²) in [6.45, 7) is 2.57. The summed E-state index contributed by atoms with van der Waals surface area (Å²) < 4.78 is 5.44. The predicted molar refractivity (Wildman–Crippen MR) is 103 cm³/mol. The number of thioether (sulfide) groups is 1. The zero-order chi connectivity index (χ0) is 17.8. The fourth-order valence-corrected chi connectivity index (χ4v) is 3.86. The Hall–Kier alpha value is -1.65. The molecule has 1 amide bonds. The summed E-state index contributed by atoms with van der Waals surface area (Å²) in [5, 5.41) is 0.565. The van der Waals surface area contributed by atoms with Crippen molar-refractivity contribution in [3.8, 4) is 5.75 Å². The van der Waals surface area contributed by atoms with Crippen molar-refractivity contribution in [3.63, 3.8) is 0 Å². The molecular weight excluding hydrogens is 354 g/mol. The Balaban J connectivity index is 1.71. The van der Waals surface area contributed by atoms with Crippen LogP contribution in [-0.2, 0) is 11.3 Å². The second kappa shape index (κ2) is 8.15. The molecule has 3 nitrogen and oxygen atoms in total. The van der Waals surface area contributed by atoms with Crippen LogP contribution < -0.4 is 4.74 Å². The Morgan fingerprint density at radius 1 is 1.24 bits per heavy atom. The molecule has 0 N–H and O–H groups in total. The van der Waals surface area contributed by atoms with Crippen LogP contribution in [0.5, 0.6) is 5.75 Å². The third kappa shape index (κ3) is 4.71. The third-order valence-corrected chi connectivity index (χ3v) is 5.63. The van der Waals surface area contributed by atoms with Crippen molar-refractivity contribution < 1.29 is 9.53 Å². The molecule has 0 radical (unpaired) electrons. The van der Waals surface area contributed by atoms with Gasteiger partial charge in [0.2, 0.25) is 5.91 Å². The van der Waals surface area contributed by atoms with E-state index in [4.69, 9.17) is 16.3 Å². The highest BCUT2D eigenvalue weighted by molar-refractivity contribution is 8.00. The van der Waals surface area contributed by atoms with Gasteiger partial charge in [-0.15, -0.1) is 11.8 Å².